The summed E-state index contributed by atoms with van der Waals surface area (Å²) in [5, 5.41) is 0. The summed E-state index contributed by atoms with van der Waals surface area (Å²) in [5.74, 6) is -0.0289. The highest BCUT2D eigenvalue weighted by Crippen LogP contribution is 2.23. The van der Waals surface area contributed by atoms with E-state index in [-0.39, 0.29) is 11.9 Å². The summed E-state index contributed by atoms with van der Waals surface area (Å²) in [7, 11) is -3.35. The van der Waals surface area contributed by atoms with Crippen molar-refractivity contribution in [1.29, 1.82) is 0 Å². The van der Waals surface area contributed by atoms with E-state index < -0.39 is 10.0 Å². The van der Waals surface area contributed by atoms with Gasteiger partial charge in [-0.15, -0.1) is 0 Å². The number of rotatable bonds is 3. The monoisotopic (exact) mass is 310 g/mol. The summed E-state index contributed by atoms with van der Waals surface area (Å²) in [6.07, 6.45) is 4.30. The Morgan fingerprint density at radius 2 is 2.05 bits per heavy atom. The van der Waals surface area contributed by atoms with E-state index in [1.807, 2.05) is 11.8 Å². The molecule has 1 heterocycles. The fourth-order valence-electron chi connectivity index (χ4n) is 2.63. The van der Waals surface area contributed by atoms with E-state index >= 15 is 0 Å². The second-order valence-electron chi connectivity index (χ2n) is 5.75. The van der Waals surface area contributed by atoms with E-state index in [0.29, 0.717) is 11.3 Å². The highest BCUT2D eigenvalue weighted by atomic mass is 32.2. The van der Waals surface area contributed by atoms with Gasteiger partial charge in [-0.25, -0.2) is 8.42 Å². The smallest absolute Gasteiger partial charge is 0.254 e. The van der Waals surface area contributed by atoms with Crippen LogP contribution in [0.3, 0.4) is 0 Å². The van der Waals surface area contributed by atoms with Crippen LogP contribution in [0.4, 0.5) is 5.69 Å². The minimum absolute atomic E-state index is 0.0289. The van der Waals surface area contributed by atoms with Gasteiger partial charge in [-0.2, -0.15) is 0 Å². The Hall–Kier alpha value is -1.56. The summed E-state index contributed by atoms with van der Waals surface area (Å²) >= 11 is 0. The third kappa shape index (κ3) is 3.97. The Kier molecular flexibility index (Phi) is 4.56. The molecule has 1 aromatic carbocycles. The summed E-state index contributed by atoms with van der Waals surface area (Å²) < 4.78 is 25.2. The number of piperidine rings is 1. The van der Waals surface area contributed by atoms with Gasteiger partial charge in [-0.1, -0.05) is 6.07 Å². The van der Waals surface area contributed by atoms with Gasteiger partial charge in [0.05, 0.1) is 11.9 Å². The molecule has 0 unspecified atom stereocenters. The first-order valence-electron chi connectivity index (χ1n) is 7.17. The Bertz CT molecular complexity index is 640. The Labute approximate surface area is 126 Å². The van der Waals surface area contributed by atoms with Crippen LogP contribution < -0.4 is 4.72 Å². The number of hydrogen-bond acceptors (Lipinski definition) is 3. The van der Waals surface area contributed by atoms with Gasteiger partial charge in [0, 0.05) is 18.2 Å². The van der Waals surface area contributed by atoms with Crippen LogP contribution in [-0.4, -0.2) is 38.1 Å². The quantitative estimate of drug-likeness (QED) is 0.932. The number of likely N-dealkylation sites (tertiary alicyclic amines) is 1. The van der Waals surface area contributed by atoms with Crippen LogP contribution in [0, 0.1) is 6.92 Å². The zero-order valence-electron chi connectivity index (χ0n) is 12.7. The molecular formula is C15H22N2O3S. The number of nitrogens with one attached hydrogen (secondary N) is 1. The lowest BCUT2D eigenvalue weighted by molar-refractivity contribution is 0.0635. The van der Waals surface area contributed by atoms with Crippen molar-refractivity contribution in [2.45, 2.75) is 39.2 Å². The molecule has 1 aromatic rings. The Morgan fingerprint density at radius 3 is 2.67 bits per heavy atom. The van der Waals surface area contributed by atoms with Crippen molar-refractivity contribution >= 4 is 21.6 Å². The highest BCUT2D eigenvalue weighted by Gasteiger charge is 2.24. The van der Waals surface area contributed by atoms with Gasteiger partial charge in [-0.3, -0.25) is 9.52 Å². The van der Waals surface area contributed by atoms with Crippen LogP contribution in [0.15, 0.2) is 18.2 Å². The minimum atomic E-state index is -3.35. The first-order valence-corrected chi connectivity index (χ1v) is 9.06. The summed E-state index contributed by atoms with van der Waals surface area (Å²) in [5.41, 5.74) is 1.79. The van der Waals surface area contributed by atoms with Crippen molar-refractivity contribution in [3.05, 3.63) is 29.3 Å². The average Bonchev–Trinajstić information content (AvgIpc) is 2.39. The number of hydrogen-bond donors (Lipinski definition) is 1. The number of carbonyl (C=O) groups excluding carboxylic acids is 1. The molecule has 1 aliphatic heterocycles. The predicted molar refractivity (Wildman–Crippen MR) is 84.0 cm³/mol. The molecule has 1 aliphatic rings. The lowest BCUT2D eigenvalue weighted by atomic mass is 10.0. The van der Waals surface area contributed by atoms with Crippen LogP contribution in [0.25, 0.3) is 0 Å². The number of nitrogens with zero attached hydrogens (tertiary/aromatic N) is 1. The maximum atomic E-state index is 12.6. The molecule has 1 amide bonds. The van der Waals surface area contributed by atoms with Crippen molar-refractivity contribution in [3.63, 3.8) is 0 Å². The number of aryl methyl sites for hydroxylation is 1. The highest BCUT2D eigenvalue weighted by molar-refractivity contribution is 7.92. The molecule has 0 bridgehead atoms. The van der Waals surface area contributed by atoms with Crippen LogP contribution in [-0.2, 0) is 10.0 Å². The molecule has 0 radical (unpaired) electrons. The van der Waals surface area contributed by atoms with Crippen molar-refractivity contribution in [2.75, 3.05) is 17.5 Å². The minimum Gasteiger partial charge on any atom is -0.336 e. The molecule has 1 fully saturated rings. The largest absolute Gasteiger partial charge is 0.336 e. The maximum absolute atomic E-state index is 12.6. The summed E-state index contributed by atoms with van der Waals surface area (Å²) in [6.45, 7) is 4.63. The molecule has 116 valence electrons. The van der Waals surface area contributed by atoms with Crippen LogP contribution in [0.2, 0.25) is 0 Å². The van der Waals surface area contributed by atoms with Gasteiger partial charge in [0.15, 0.2) is 0 Å². The third-order valence-electron chi connectivity index (χ3n) is 3.84. The zero-order chi connectivity index (χ0) is 15.6. The van der Waals surface area contributed by atoms with Gasteiger partial charge in [0.1, 0.15) is 0 Å². The number of benzene rings is 1. The van der Waals surface area contributed by atoms with Crippen molar-refractivity contribution in [1.82, 2.24) is 4.90 Å². The van der Waals surface area contributed by atoms with E-state index in [0.717, 1.165) is 37.6 Å². The molecule has 6 heteroatoms. The van der Waals surface area contributed by atoms with E-state index in [4.69, 9.17) is 0 Å². The number of carbonyl (C=O) groups is 1. The second-order valence-corrected chi connectivity index (χ2v) is 7.50. The first-order chi connectivity index (χ1) is 9.78. The molecule has 1 saturated heterocycles. The Morgan fingerprint density at radius 1 is 1.33 bits per heavy atom. The number of anilines is 1. The third-order valence-corrected chi connectivity index (χ3v) is 4.43. The molecule has 0 aliphatic carbocycles. The number of sulfonamides is 1. The Balaban J connectivity index is 2.27. The van der Waals surface area contributed by atoms with Crippen molar-refractivity contribution in [3.8, 4) is 0 Å². The topological polar surface area (TPSA) is 66.5 Å². The van der Waals surface area contributed by atoms with Crippen LogP contribution >= 0.6 is 0 Å². The standard InChI is InChI=1S/C15H22N2O3S/c1-11-7-8-13(10-14(11)16-21(3,19)20)15(18)17-9-5-4-6-12(17)2/h7-8,10,12,16H,4-6,9H2,1-3H3/t12-/m0/s1. The van der Waals surface area contributed by atoms with Crippen molar-refractivity contribution in [2.24, 2.45) is 0 Å². The summed E-state index contributed by atoms with van der Waals surface area (Å²) in [4.78, 5) is 14.5. The van der Waals surface area contributed by atoms with Crippen molar-refractivity contribution < 1.29 is 13.2 Å². The van der Waals surface area contributed by atoms with E-state index in [1.54, 1.807) is 18.2 Å². The average molecular weight is 310 g/mol. The van der Waals surface area contributed by atoms with Gasteiger partial charge in [0.25, 0.3) is 5.91 Å². The molecular weight excluding hydrogens is 288 g/mol. The van der Waals surface area contributed by atoms with E-state index in [2.05, 4.69) is 11.6 Å². The van der Waals surface area contributed by atoms with Gasteiger partial charge < -0.3 is 4.90 Å². The van der Waals surface area contributed by atoms with Crippen LogP contribution in [0.5, 0.6) is 0 Å². The van der Waals surface area contributed by atoms with Gasteiger partial charge in [0.2, 0.25) is 10.0 Å². The molecule has 0 spiro atoms. The summed E-state index contributed by atoms with van der Waals surface area (Å²) in [6, 6.07) is 5.39. The van der Waals surface area contributed by atoms with Crippen LogP contribution in [0.1, 0.15) is 42.1 Å². The molecule has 1 atom stereocenters. The fraction of sp³-hybridized carbons (Fsp3) is 0.533. The normalized spacial score (nSPS) is 19.4. The fourth-order valence-corrected chi connectivity index (χ4v) is 3.25. The first kappa shape index (κ1) is 15.8. The lowest BCUT2D eigenvalue weighted by Crippen LogP contribution is -2.42. The maximum Gasteiger partial charge on any atom is 0.254 e. The molecule has 21 heavy (non-hydrogen) atoms. The molecule has 0 saturated carbocycles. The van der Waals surface area contributed by atoms with E-state index in [9.17, 15) is 13.2 Å². The molecule has 0 aromatic heterocycles. The molecule has 5 nitrogen and oxygen atoms in total. The second kappa shape index (κ2) is 6.05. The molecule has 2 rings (SSSR count). The zero-order valence-corrected chi connectivity index (χ0v) is 13.5. The predicted octanol–water partition coefficient (Wildman–Crippen LogP) is 2.38. The molecule has 1 N–H and O–H groups in total. The van der Waals surface area contributed by atoms with E-state index in [1.165, 1.54) is 0 Å². The van der Waals surface area contributed by atoms with Gasteiger partial charge >= 0.3 is 0 Å². The lowest BCUT2D eigenvalue weighted by Gasteiger charge is -2.33. The van der Waals surface area contributed by atoms with Gasteiger partial charge in [-0.05, 0) is 50.8 Å². The number of amides is 1. The SMILES string of the molecule is Cc1ccc(C(=O)N2CCCC[C@@H]2C)cc1NS(C)(=O)=O.